The number of likely N-dealkylation sites (tertiary alicyclic amines) is 1. The molecule has 0 radical (unpaired) electrons. The summed E-state index contributed by atoms with van der Waals surface area (Å²) in [5, 5.41) is 3.23. The standard InChI is InChI=1S/C19H30N2O.ClH/c1-16-9-11-17(12-10-16)6-3-4-8-19(22)21-13-5-7-18(15-21)14-20-2;/h9-12,18,20H,3-8,13-15H2,1-2H3;1H. The number of hydrogen-bond acceptors (Lipinski definition) is 2. The maximum atomic E-state index is 12.3. The number of piperidine rings is 1. The van der Waals surface area contributed by atoms with Crippen LogP contribution in [-0.2, 0) is 11.2 Å². The molecule has 0 spiro atoms. The van der Waals surface area contributed by atoms with E-state index in [2.05, 4.69) is 41.4 Å². The summed E-state index contributed by atoms with van der Waals surface area (Å²) in [5.74, 6) is 0.986. The van der Waals surface area contributed by atoms with Crippen LogP contribution in [-0.4, -0.2) is 37.5 Å². The predicted molar refractivity (Wildman–Crippen MR) is 99.2 cm³/mol. The van der Waals surface area contributed by atoms with Crippen LogP contribution < -0.4 is 5.32 Å². The van der Waals surface area contributed by atoms with Crippen molar-refractivity contribution in [2.75, 3.05) is 26.7 Å². The van der Waals surface area contributed by atoms with Crippen LogP contribution >= 0.6 is 12.4 Å². The highest BCUT2D eigenvalue weighted by molar-refractivity contribution is 5.85. The Morgan fingerprint density at radius 3 is 2.70 bits per heavy atom. The fourth-order valence-electron chi connectivity index (χ4n) is 3.27. The third kappa shape index (κ3) is 6.92. The molecule has 1 unspecified atom stereocenters. The van der Waals surface area contributed by atoms with Crippen molar-refractivity contribution in [2.24, 2.45) is 5.92 Å². The van der Waals surface area contributed by atoms with E-state index in [4.69, 9.17) is 0 Å². The number of amides is 1. The lowest BCUT2D eigenvalue weighted by atomic mass is 9.97. The van der Waals surface area contributed by atoms with Gasteiger partial charge in [0.25, 0.3) is 0 Å². The third-order valence-corrected chi connectivity index (χ3v) is 4.59. The molecule has 1 aromatic rings. The number of benzene rings is 1. The topological polar surface area (TPSA) is 32.3 Å². The first kappa shape index (κ1) is 20.0. The molecule has 1 saturated heterocycles. The summed E-state index contributed by atoms with van der Waals surface area (Å²) in [6, 6.07) is 8.72. The van der Waals surface area contributed by atoms with Gasteiger partial charge >= 0.3 is 0 Å². The zero-order valence-electron chi connectivity index (χ0n) is 14.5. The van der Waals surface area contributed by atoms with Gasteiger partial charge in [0.1, 0.15) is 0 Å². The Morgan fingerprint density at radius 2 is 2.00 bits per heavy atom. The number of nitrogens with one attached hydrogen (secondary N) is 1. The minimum absolute atomic E-state index is 0. The van der Waals surface area contributed by atoms with Crippen molar-refractivity contribution in [3.05, 3.63) is 35.4 Å². The molecule has 1 aliphatic rings. The van der Waals surface area contributed by atoms with Gasteiger partial charge in [-0.25, -0.2) is 0 Å². The molecule has 0 bridgehead atoms. The molecule has 1 aromatic carbocycles. The second-order valence-corrected chi connectivity index (χ2v) is 6.60. The second kappa shape index (κ2) is 10.7. The molecular formula is C19H31ClN2O. The van der Waals surface area contributed by atoms with Crippen molar-refractivity contribution in [1.82, 2.24) is 10.2 Å². The Labute approximate surface area is 147 Å². The van der Waals surface area contributed by atoms with E-state index in [1.54, 1.807) is 0 Å². The van der Waals surface area contributed by atoms with Crippen molar-refractivity contribution in [1.29, 1.82) is 0 Å². The Hall–Kier alpha value is -1.06. The summed E-state index contributed by atoms with van der Waals surface area (Å²) in [6.45, 7) is 5.04. The molecule has 4 heteroatoms. The lowest BCUT2D eigenvalue weighted by Crippen LogP contribution is -2.42. The highest BCUT2D eigenvalue weighted by atomic mass is 35.5. The molecule has 1 atom stereocenters. The van der Waals surface area contributed by atoms with Gasteiger partial charge in [-0.2, -0.15) is 0 Å². The van der Waals surface area contributed by atoms with E-state index in [1.807, 2.05) is 7.05 Å². The summed E-state index contributed by atoms with van der Waals surface area (Å²) >= 11 is 0. The van der Waals surface area contributed by atoms with Crippen LogP contribution in [0.2, 0.25) is 0 Å². The second-order valence-electron chi connectivity index (χ2n) is 6.60. The first-order chi connectivity index (χ1) is 10.7. The normalized spacial score (nSPS) is 17.7. The zero-order chi connectivity index (χ0) is 15.8. The van der Waals surface area contributed by atoms with Crippen LogP contribution in [0.1, 0.15) is 43.2 Å². The SMILES string of the molecule is CNCC1CCCN(C(=O)CCCCc2ccc(C)cc2)C1.Cl. The van der Waals surface area contributed by atoms with Gasteiger partial charge in [0.15, 0.2) is 0 Å². The van der Waals surface area contributed by atoms with Gasteiger partial charge in [-0.1, -0.05) is 29.8 Å². The fraction of sp³-hybridized carbons (Fsp3) is 0.632. The van der Waals surface area contributed by atoms with E-state index >= 15 is 0 Å². The molecule has 1 heterocycles. The van der Waals surface area contributed by atoms with Crippen LogP contribution in [0.15, 0.2) is 24.3 Å². The zero-order valence-corrected chi connectivity index (χ0v) is 15.3. The monoisotopic (exact) mass is 338 g/mol. The van der Waals surface area contributed by atoms with Gasteiger partial charge in [-0.3, -0.25) is 4.79 Å². The largest absolute Gasteiger partial charge is 0.342 e. The molecule has 0 aromatic heterocycles. The van der Waals surface area contributed by atoms with Gasteiger partial charge in [0, 0.05) is 19.5 Å². The molecule has 130 valence electrons. The molecular weight excluding hydrogens is 308 g/mol. The predicted octanol–water partition coefficient (Wildman–Crippen LogP) is 3.59. The molecule has 2 rings (SSSR count). The summed E-state index contributed by atoms with van der Waals surface area (Å²) in [7, 11) is 1.99. The number of hydrogen-bond donors (Lipinski definition) is 1. The number of unbranched alkanes of at least 4 members (excludes halogenated alkanes) is 1. The van der Waals surface area contributed by atoms with Gasteiger partial charge in [0.05, 0.1) is 0 Å². The molecule has 1 fully saturated rings. The van der Waals surface area contributed by atoms with E-state index in [-0.39, 0.29) is 12.4 Å². The van der Waals surface area contributed by atoms with E-state index in [9.17, 15) is 4.79 Å². The van der Waals surface area contributed by atoms with Crippen LogP contribution in [0.25, 0.3) is 0 Å². The molecule has 23 heavy (non-hydrogen) atoms. The Bertz CT molecular complexity index is 459. The minimum Gasteiger partial charge on any atom is -0.342 e. The van der Waals surface area contributed by atoms with Crippen LogP contribution in [0.5, 0.6) is 0 Å². The number of rotatable bonds is 7. The van der Waals surface area contributed by atoms with E-state index in [0.717, 1.165) is 45.3 Å². The molecule has 1 aliphatic heterocycles. The number of nitrogens with zero attached hydrogens (tertiary/aromatic N) is 1. The number of carbonyl (C=O) groups excluding carboxylic acids is 1. The Balaban J connectivity index is 0.00000264. The van der Waals surface area contributed by atoms with Crippen molar-refractivity contribution >= 4 is 18.3 Å². The number of aryl methyl sites for hydroxylation is 2. The average Bonchev–Trinajstić information content (AvgIpc) is 2.53. The van der Waals surface area contributed by atoms with E-state index in [0.29, 0.717) is 18.2 Å². The minimum atomic E-state index is 0. The van der Waals surface area contributed by atoms with Crippen LogP contribution in [0, 0.1) is 12.8 Å². The van der Waals surface area contributed by atoms with Crippen LogP contribution in [0.4, 0.5) is 0 Å². The summed E-state index contributed by atoms with van der Waals surface area (Å²) in [5.41, 5.74) is 2.69. The highest BCUT2D eigenvalue weighted by Gasteiger charge is 2.22. The third-order valence-electron chi connectivity index (χ3n) is 4.59. The van der Waals surface area contributed by atoms with Crippen molar-refractivity contribution in [3.8, 4) is 0 Å². The lowest BCUT2D eigenvalue weighted by molar-refractivity contribution is -0.133. The smallest absolute Gasteiger partial charge is 0.222 e. The molecule has 1 amide bonds. The molecule has 3 nitrogen and oxygen atoms in total. The molecule has 1 N–H and O–H groups in total. The maximum absolute atomic E-state index is 12.3. The van der Waals surface area contributed by atoms with Crippen LogP contribution in [0.3, 0.4) is 0 Å². The fourth-order valence-corrected chi connectivity index (χ4v) is 3.27. The quantitative estimate of drug-likeness (QED) is 0.770. The first-order valence-electron chi connectivity index (χ1n) is 8.67. The number of carbonyl (C=O) groups is 1. The number of halogens is 1. The van der Waals surface area contributed by atoms with Gasteiger partial charge < -0.3 is 10.2 Å². The highest BCUT2D eigenvalue weighted by Crippen LogP contribution is 2.17. The Morgan fingerprint density at radius 1 is 1.26 bits per heavy atom. The van der Waals surface area contributed by atoms with Crippen molar-refractivity contribution < 1.29 is 4.79 Å². The van der Waals surface area contributed by atoms with Crippen molar-refractivity contribution in [2.45, 2.75) is 45.4 Å². The lowest BCUT2D eigenvalue weighted by Gasteiger charge is -2.32. The summed E-state index contributed by atoms with van der Waals surface area (Å²) < 4.78 is 0. The Kier molecular flexibility index (Phi) is 9.27. The molecule has 0 aliphatic carbocycles. The van der Waals surface area contributed by atoms with E-state index < -0.39 is 0 Å². The maximum Gasteiger partial charge on any atom is 0.222 e. The first-order valence-corrected chi connectivity index (χ1v) is 8.67. The van der Waals surface area contributed by atoms with Gasteiger partial charge in [0.2, 0.25) is 5.91 Å². The summed E-state index contributed by atoms with van der Waals surface area (Å²) in [6.07, 6.45) is 6.29. The molecule has 0 saturated carbocycles. The van der Waals surface area contributed by atoms with Gasteiger partial charge in [-0.15, -0.1) is 12.4 Å². The van der Waals surface area contributed by atoms with Crippen molar-refractivity contribution in [3.63, 3.8) is 0 Å². The summed E-state index contributed by atoms with van der Waals surface area (Å²) in [4.78, 5) is 14.4. The van der Waals surface area contributed by atoms with Gasteiger partial charge in [-0.05, 0) is 64.1 Å². The average molecular weight is 339 g/mol. The van der Waals surface area contributed by atoms with E-state index in [1.165, 1.54) is 17.5 Å².